The molecular formula is C31H39F2N6O8P. The van der Waals surface area contributed by atoms with Gasteiger partial charge in [-0.15, -0.1) is 0 Å². The number of fused-ring (bicyclic) bond motifs is 2. The van der Waals surface area contributed by atoms with Gasteiger partial charge in [0.1, 0.15) is 24.5 Å². The van der Waals surface area contributed by atoms with Gasteiger partial charge >= 0.3 is 13.7 Å². The van der Waals surface area contributed by atoms with Crippen LogP contribution < -0.4 is 20.1 Å². The molecule has 0 bridgehead atoms. The fourth-order valence-corrected chi connectivity index (χ4v) is 6.68. The Hall–Kier alpha value is -3.95. The number of imidazole rings is 1. The summed E-state index contributed by atoms with van der Waals surface area (Å²) in [5.74, 6) is -3.87. The maximum Gasteiger partial charge on any atom is 0.459 e. The summed E-state index contributed by atoms with van der Waals surface area (Å²) >= 11 is 0. The fraction of sp³-hybridized carbons (Fsp3) is 0.484. The molecule has 4 aromatic rings. The molecule has 2 aromatic heterocycles. The largest absolute Gasteiger partial charge is 0.476 e. The Bertz CT molecular complexity index is 1820. The number of aliphatic hydroxyl groups is 1. The van der Waals surface area contributed by atoms with Crippen molar-refractivity contribution in [1.82, 2.24) is 24.6 Å². The standard InChI is InChI=1S/C31H39F2N6O8P/c1-6-43-26-24-25(36-29(34)37-26)39(17-35-24)14-23-30(5,32)28(41)31(33,46-23)16-45-48(42,38-19(4)27(40)44-15-18(2)3)47-22-13-9-11-20-10-7-8-12-21(20)22/h7-13,17-19,23,28,41H,6,14-16H2,1-5H3,(H,38,42)(H2,34,36,37)/t19?,23-,28-,30-,31+,48?/m0/s1. The first-order chi connectivity index (χ1) is 22.7. The smallest absolute Gasteiger partial charge is 0.459 e. The van der Waals surface area contributed by atoms with Crippen LogP contribution in [0.5, 0.6) is 11.6 Å². The maximum atomic E-state index is 16.4. The average Bonchev–Trinajstić information content (AvgIpc) is 3.51. The third-order valence-electron chi connectivity index (χ3n) is 7.67. The number of ether oxygens (including phenoxy) is 3. The Morgan fingerprint density at radius 1 is 1.19 bits per heavy atom. The Labute approximate surface area is 275 Å². The molecule has 1 saturated heterocycles. The van der Waals surface area contributed by atoms with Crippen molar-refractivity contribution in [3.05, 3.63) is 48.8 Å². The molecule has 5 rings (SSSR count). The third-order valence-corrected chi connectivity index (χ3v) is 9.28. The number of nitrogens with one attached hydrogen (secondary N) is 1. The molecule has 14 nitrogen and oxygen atoms in total. The summed E-state index contributed by atoms with van der Waals surface area (Å²) in [5.41, 5.74) is 3.54. The van der Waals surface area contributed by atoms with Crippen LogP contribution in [-0.2, 0) is 29.9 Å². The lowest BCUT2D eigenvalue weighted by Crippen LogP contribution is -2.48. The average molecular weight is 693 g/mol. The number of alkyl halides is 2. The van der Waals surface area contributed by atoms with Crippen LogP contribution in [0.3, 0.4) is 0 Å². The van der Waals surface area contributed by atoms with Crippen molar-refractivity contribution >= 4 is 41.6 Å². The van der Waals surface area contributed by atoms with Gasteiger partial charge in [-0.1, -0.05) is 50.2 Å². The van der Waals surface area contributed by atoms with E-state index in [1.807, 2.05) is 13.8 Å². The number of nitrogen functional groups attached to an aromatic ring is 1. The van der Waals surface area contributed by atoms with Crippen LogP contribution >= 0.6 is 7.75 Å². The van der Waals surface area contributed by atoms with Crippen LogP contribution in [0.25, 0.3) is 21.9 Å². The number of esters is 1. The Morgan fingerprint density at radius 3 is 2.65 bits per heavy atom. The number of aliphatic hydroxyl groups excluding tert-OH is 1. The molecule has 1 fully saturated rings. The van der Waals surface area contributed by atoms with E-state index in [4.69, 9.17) is 29.0 Å². The van der Waals surface area contributed by atoms with E-state index in [9.17, 15) is 14.5 Å². The van der Waals surface area contributed by atoms with Crippen molar-refractivity contribution < 1.29 is 46.5 Å². The van der Waals surface area contributed by atoms with Gasteiger partial charge in [0.25, 0.3) is 5.85 Å². The minimum Gasteiger partial charge on any atom is -0.476 e. The molecule has 48 heavy (non-hydrogen) atoms. The molecule has 0 spiro atoms. The summed E-state index contributed by atoms with van der Waals surface area (Å²) in [5, 5.41) is 14.7. The number of carbonyl (C=O) groups is 1. The van der Waals surface area contributed by atoms with Crippen molar-refractivity contribution in [2.24, 2.45) is 5.92 Å². The van der Waals surface area contributed by atoms with Crippen LogP contribution in [-0.4, -0.2) is 80.2 Å². The highest BCUT2D eigenvalue weighted by atomic mass is 31.2. The molecule has 2 unspecified atom stereocenters. The molecule has 6 atom stereocenters. The van der Waals surface area contributed by atoms with Crippen molar-refractivity contribution in [2.45, 2.75) is 70.9 Å². The van der Waals surface area contributed by atoms with E-state index in [1.54, 1.807) is 43.3 Å². The van der Waals surface area contributed by atoms with Gasteiger partial charge in [-0.25, -0.2) is 18.3 Å². The summed E-state index contributed by atoms with van der Waals surface area (Å²) in [6, 6.07) is 10.8. The molecular weight excluding hydrogens is 653 g/mol. The van der Waals surface area contributed by atoms with E-state index >= 15 is 8.78 Å². The first-order valence-corrected chi connectivity index (χ1v) is 16.9. The lowest BCUT2D eigenvalue weighted by molar-refractivity contribution is -0.193. The van der Waals surface area contributed by atoms with Crippen LogP contribution in [0.15, 0.2) is 48.8 Å². The zero-order valence-corrected chi connectivity index (χ0v) is 28.0. The van der Waals surface area contributed by atoms with Gasteiger partial charge in [0.05, 0.1) is 26.1 Å². The van der Waals surface area contributed by atoms with E-state index in [1.165, 1.54) is 23.9 Å². The SMILES string of the molecule is CCOc1nc(N)nc2c1ncn2C[C@@H]1O[C@](F)(COP(=O)(NC(C)C(=O)OCC(C)C)Oc2cccc3ccccc23)[C@@H](O)[C@@]1(C)F. The van der Waals surface area contributed by atoms with Gasteiger partial charge in [-0.3, -0.25) is 9.32 Å². The Kier molecular flexibility index (Phi) is 10.2. The molecule has 0 aliphatic carbocycles. The second kappa shape index (κ2) is 13.9. The molecule has 4 N–H and O–H groups in total. The van der Waals surface area contributed by atoms with Crippen LogP contribution in [0.2, 0.25) is 0 Å². The molecule has 1 aliphatic rings. The summed E-state index contributed by atoms with van der Waals surface area (Å²) in [7, 11) is -4.66. The number of nitrogens with two attached hydrogens (primary N) is 1. The number of hydrogen-bond donors (Lipinski definition) is 3. The quantitative estimate of drug-likeness (QED) is 0.124. The fourth-order valence-electron chi connectivity index (χ4n) is 5.16. The van der Waals surface area contributed by atoms with Crippen LogP contribution in [0.4, 0.5) is 14.7 Å². The van der Waals surface area contributed by atoms with Crippen LogP contribution in [0.1, 0.15) is 34.6 Å². The highest BCUT2D eigenvalue weighted by molar-refractivity contribution is 7.52. The van der Waals surface area contributed by atoms with Gasteiger partial charge in [0.15, 0.2) is 22.9 Å². The number of carbonyl (C=O) groups excluding carboxylic acids is 1. The summed E-state index contributed by atoms with van der Waals surface area (Å²) in [6.45, 7) is 6.53. The van der Waals surface area contributed by atoms with E-state index < -0.39 is 50.1 Å². The zero-order chi connectivity index (χ0) is 34.9. The van der Waals surface area contributed by atoms with E-state index in [2.05, 4.69) is 20.0 Å². The number of halogens is 2. The molecule has 0 saturated carbocycles. The van der Waals surface area contributed by atoms with Gasteiger partial charge in [-0.05, 0) is 38.1 Å². The lowest BCUT2D eigenvalue weighted by atomic mass is 9.94. The second-order valence-corrected chi connectivity index (χ2v) is 13.7. The van der Waals surface area contributed by atoms with Crippen molar-refractivity contribution in [2.75, 3.05) is 25.6 Å². The molecule has 2 aromatic carbocycles. The predicted molar refractivity (Wildman–Crippen MR) is 172 cm³/mol. The monoisotopic (exact) mass is 692 g/mol. The lowest BCUT2D eigenvalue weighted by Gasteiger charge is -2.28. The molecule has 0 radical (unpaired) electrons. The number of nitrogens with zero attached hydrogens (tertiary/aromatic N) is 4. The summed E-state index contributed by atoms with van der Waals surface area (Å²) in [4.78, 5) is 25.1. The molecule has 0 amide bonds. The van der Waals surface area contributed by atoms with Gasteiger partial charge in [-0.2, -0.15) is 15.1 Å². The Balaban J connectivity index is 1.39. The molecule has 17 heteroatoms. The van der Waals surface area contributed by atoms with Crippen molar-refractivity contribution in [3.8, 4) is 11.6 Å². The van der Waals surface area contributed by atoms with Gasteiger partial charge < -0.3 is 34.1 Å². The van der Waals surface area contributed by atoms with Gasteiger partial charge in [0.2, 0.25) is 11.8 Å². The molecule has 3 heterocycles. The number of rotatable bonds is 14. The van der Waals surface area contributed by atoms with Crippen LogP contribution in [0, 0.1) is 5.92 Å². The normalized spacial score (nSPS) is 24.5. The summed E-state index contributed by atoms with van der Waals surface area (Å²) in [6.07, 6.45) is -2.71. The zero-order valence-electron chi connectivity index (χ0n) is 27.1. The maximum absolute atomic E-state index is 16.4. The number of benzene rings is 2. The second-order valence-electron chi connectivity index (χ2n) is 12.0. The topological polar surface area (TPSA) is 182 Å². The highest BCUT2D eigenvalue weighted by Crippen LogP contribution is 2.50. The van der Waals surface area contributed by atoms with E-state index in [0.29, 0.717) is 5.39 Å². The van der Waals surface area contributed by atoms with E-state index in [0.717, 1.165) is 12.3 Å². The minimum atomic E-state index is -4.66. The van der Waals surface area contributed by atoms with Gasteiger partial charge in [0, 0.05) is 5.39 Å². The van der Waals surface area contributed by atoms with E-state index in [-0.39, 0.29) is 54.4 Å². The minimum absolute atomic E-state index is 0.0309. The molecule has 1 aliphatic heterocycles. The van der Waals surface area contributed by atoms with Crippen molar-refractivity contribution in [3.63, 3.8) is 0 Å². The first kappa shape index (κ1) is 35.4. The number of anilines is 1. The van der Waals surface area contributed by atoms with Crippen molar-refractivity contribution in [1.29, 1.82) is 0 Å². The Morgan fingerprint density at radius 2 is 1.92 bits per heavy atom. The summed E-state index contributed by atoms with van der Waals surface area (Å²) < 4.78 is 75.6. The number of hydrogen-bond acceptors (Lipinski definition) is 12. The first-order valence-electron chi connectivity index (χ1n) is 15.4. The molecule has 260 valence electrons. The predicted octanol–water partition coefficient (Wildman–Crippen LogP) is 4.50. The number of aromatic nitrogens is 4. The third kappa shape index (κ3) is 7.37. The highest BCUT2D eigenvalue weighted by Gasteiger charge is 2.64.